The Morgan fingerprint density at radius 3 is 2.48 bits per heavy atom. The maximum absolute atomic E-state index is 12.7. The van der Waals surface area contributed by atoms with E-state index in [0.29, 0.717) is 5.69 Å². The van der Waals surface area contributed by atoms with E-state index in [9.17, 15) is 17.7 Å². The Balaban J connectivity index is 0.00000312. The van der Waals surface area contributed by atoms with Crippen molar-refractivity contribution in [3.8, 4) is 0 Å². The van der Waals surface area contributed by atoms with Gasteiger partial charge in [0.1, 0.15) is 0 Å². The van der Waals surface area contributed by atoms with Crippen LogP contribution in [0.3, 0.4) is 0 Å². The van der Waals surface area contributed by atoms with Crippen molar-refractivity contribution in [2.24, 2.45) is 0 Å². The molecular weight excluding hydrogens is 361 g/mol. The van der Waals surface area contributed by atoms with Crippen LogP contribution in [0.1, 0.15) is 26.5 Å². The Morgan fingerprint density at radius 1 is 1.24 bits per heavy atom. The van der Waals surface area contributed by atoms with E-state index in [1.54, 1.807) is 6.07 Å². The normalized spacial score (nSPS) is 11.6. The second-order valence-corrected chi connectivity index (χ2v) is 6.43. The van der Waals surface area contributed by atoms with Gasteiger partial charge in [-0.25, -0.2) is 0 Å². The third-order valence-corrected chi connectivity index (χ3v) is 3.26. The molecule has 0 bridgehead atoms. The zero-order chi connectivity index (χ0) is 18.0. The second kappa shape index (κ2) is 8.72. The van der Waals surface area contributed by atoms with Crippen molar-refractivity contribution < 1.29 is 73.6 Å². The van der Waals surface area contributed by atoms with Crippen LogP contribution >= 0.6 is 0 Å². The van der Waals surface area contributed by atoms with Crippen molar-refractivity contribution in [1.82, 2.24) is 5.16 Å². The van der Waals surface area contributed by atoms with Crippen LogP contribution in [0, 0.1) is 0 Å². The standard InChI is InChI=1S/C15H18BF3N3O2.K/c1-15(2,3)12-8-14(24-22-12)21-13(23)9-20-11-6-4-5-10(7-11)16(17,18)19;/h4-8,20H,9H2,1-3H3,(H,21,23);/q-1;+1. The number of carbonyl (C=O) groups is 1. The maximum atomic E-state index is 12.7. The molecule has 1 heterocycles. The fourth-order valence-electron chi connectivity index (χ4n) is 1.90. The molecule has 0 saturated carbocycles. The molecule has 0 unspecified atom stereocenters. The van der Waals surface area contributed by atoms with Crippen LogP contribution < -0.4 is 67.5 Å². The fraction of sp³-hybridized carbons (Fsp3) is 0.333. The van der Waals surface area contributed by atoms with Gasteiger partial charge in [-0.05, 0) is 6.07 Å². The van der Waals surface area contributed by atoms with Gasteiger partial charge < -0.3 is 22.8 Å². The maximum Gasteiger partial charge on any atom is 1.00 e. The predicted molar refractivity (Wildman–Crippen MR) is 87.5 cm³/mol. The summed E-state index contributed by atoms with van der Waals surface area (Å²) in [5.74, 6) is -0.256. The molecule has 0 aliphatic carbocycles. The number of carbonyl (C=O) groups excluding carboxylic acids is 1. The first-order valence-electron chi connectivity index (χ1n) is 7.36. The average Bonchev–Trinajstić information content (AvgIpc) is 2.93. The topological polar surface area (TPSA) is 67.2 Å². The number of nitrogens with one attached hydrogen (secondary N) is 2. The molecule has 0 fully saturated rings. The predicted octanol–water partition coefficient (Wildman–Crippen LogP) is 0.0811. The number of hydrogen-bond donors (Lipinski definition) is 2. The van der Waals surface area contributed by atoms with Gasteiger partial charge in [-0.15, -0.1) is 5.46 Å². The van der Waals surface area contributed by atoms with Crippen LogP contribution in [0.4, 0.5) is 24.5 Å². The van der Waals surface area contributed by atoms with Gasteiger partial charge in [0.05, 0.1) is 12.2 Å². The van der Waals surface area contributed by atoms with Crippen LogP contribution in [0.15, 0.2) is 34.9 Å². The van der Waals surface area contributed by atoms with Crippen LogP contribution in [0.25, 0.3) is 0 Å². The molecule has 25 heavy (non-hydrogen) atoms. The summed E-state index contributed by atoms with van der Waals surface area (Å²) in [6.45, 7) is 0.588. The van der Waals surface area contributed by atoms with Crippen LogP contribution in [-0.4, -0.2) is 24.6 Å². The molecule has 1 aromatic carbocycles. The minimum Gasteiger partial charge on any atom is -0.445 e. The summed E-state index contributed by atoms with van der Waals surface area (Å²) in [5, 5.41) is 9.02. The molecule has 1 aromatic heterocycles. The molecule has 0 spiro atoms. The largest absolute Gasteiger partial charge is 1.00 e. The molecular formula is C15H18BF3KN3O2. The molecule has 0 radical (unpaired) electrons. The molecule has 2 N–H and O–H groups in total. The molecule has 5 nitrogen and oxygen atoms in total. The van der Waals surface area contributed by atoms with E-state index in [2.05, 4.69) is 15.8 Å². The van der Waals surface area contributed by atoms with Gasteiger partial charge in [-0.2, -0.15) is 0 Å². The number of benzene rings is 1. The summed E-state index contributed by atoms with van der Waals surface area (Å²) in [7, 11) is 0. The van der Waals surface area contributed by atoms with Crippen LogP contribution in [-0.2, 0) is 10.2 Å². The first kappa shape index (κ1) is 22.2. The summed E-state index contributed by atoms with van der Waals surface area (Å²) in [4.78, 5) is 11.8. The fourth-order valence-corrected chi connectivity index (χ4v) is 1.90. The Hall–Kier alpha value is -0.809. The van der Waals surface area contributed by atoms with E-state index in [0.717, 1.165) is 12.1 Å². The summed E-state index contributed by atoms with van der Waals surface area (Å²) < 4.78 is 43.1. The molecule has 130 valence electrons. The summed E-state index contributed by atoms with van der Waals surface area (Å²) >= 11 is 0. The molecule has 2 aromatic rings. The minimum atomic E-state index is -5.07. The number of hydrogen-bond acceptors (Lipinski definition) is 4. The smallest absolute Gasteiger partial charge is 0.445 e. The van der Waals surface area contributed by atoms with Crippen LogP contribution in [0.5, 0.6) is 0 Å². The summed E-state index contributed by atoms with van der Waals surface area (Å²) in [6.07, 6.45) is 0. The second-order valence-electron chi connectivity index (χ2n) is 6.43. The van der Waals surface area contributed by atoms with Gasteiger partial charge >= 0.3 is 58.4 Å². The van der Waals surface area contributed by atoms with Gasteiger partial charge in [-0.1, -0.05) is 44.1 Å². The SMILES string of the molecule is CC(C)(C)c1cc(NC(=O)CNc2cccc([B-](F)(F)F)c2)on1.[K+]. The summed E-state index contributed by atoms with van der Waals surface area (Å²) in [6, 6.07) is 6.33. The van der Waals surface area contributed by atoms with E-state index < -0.39 is 18.3 Å². The Labute approximate surface area is 186 Å². The molecule has 0 saturated heterocycles. The van der Waals surface area contributed by atoms with Gasteiger partial charge in [0.25, 0.3) is 0 Å². The number of halogens is 3. The third-order valence-electron chi connectivity index (χ3n) is 3.26. The third kappa shape index (κ3) is 6.78. The van der Waals surface area contributed by atoms with E-state index in [4.69, 9.17) is 4.52 Å². The minimum absolute atomic E-state index is 0. The number of aromatic nitrogens is 1. The van der Waals surface area contributed by atoms with Crippen molar-refractivity contribution >= 4 is 29.9 Å². The van der Waals surface area contributed by atoms with Crippen molar-refractivity contribution in [1.29, 1.82) is 0 Å². The van der Waals surface area contributed by atoms with E-state index in [-0.39, 0.29) is 74.9 Å². The molecule has 0 atom stereocenters. The van der Waals surface area contributed by atoms with E-state index in [1.807, 2.05) is 20.8 Å². The van der Waals surface area contributed by atoms with Gasteiger partial charge in [0.15, 0.2) is 0 Å². The number of nitrogens with zero attached hydrogens (tertiary/aromatic N) is 1. The van der Waals surface area contributed by atoms with Gasteiger partial charge in [-0.3, -0.25) is 10.1 Å². The molecule has 0 aliphatic rings. The van der Waals surface area contributed by atoms with Gasteiger partial charge in [0.2, 0.25) is 11.8 Å². The first-order valence-corrected chi connectivity index (χ1v) is 7.36. The van der Waals surface area contributed by atoms with Crippen molar-refractivity contribution in [2.45, 2.75) is 26.2 Å². The van der Waals surface area contributed by atoms with E-state index >= 15 is 0 Å². The van der Waals surface area contributed by atoms with E-state index in [1.165, 1.54) is 12.1 Å². The van der Waals surface area contributed by atoms with Crippen LogP contribution in [0.2, 0.25) is 0 Å². The number of rotatable bonds is 5. The number of amides is 1. The Morgan fingerprint density at radius 2 is 1.92 bits per heavy atom. The monoisotopic (exact) mass is 379 g/mol. The molecule has 10 heteroatoms. The Bertz CT molecular complexity index is 729. The zero-order valence-corrected chi connectivity index (χ0v) is 17.7. The first-order chi connectivity index (χ1) is 11.1. The van der Waals surface area contributed by atoms with Crippen molar-refractivity contribution in [2.75, 3.05) is 17.2 Å². The van der Waals surface area contributed by atoms with Crippen molar-refractivity contribution in [3.63, 3.8) is 0 Å². The van der Waals surface area contributed by atoms with Gasteiger partial charge in [0, 0.05) is 17.2 Å². The molecule has 0 aliphatic heterocycles. The quantitative estimate of drug-likeness (QED) is 0.723. The zero-order valence-electron chi connectivity index (χ0n) is 14.6. The molecule has 1 amide bonds. The summed E-state index contributed by atoms with van der Waals surface area (Å²) in [5.41, 5.74) is -0.0315. The Kier molecular flexibility index (Phi) is 7.75. The van der Waals surface area contributed by atoms with Crippen molar-refractivity contribution in [3.05, 3.63) is 36.0 Å². The molecule has 2 rings (SSSR count). The number of anilines is 2. The average molecular weight is 379 g/mol.